The molecule has 0 spiro atoms. The number of halogens is 6. The molecule has 12 heteroatoms. The van der Waals surface area contributed by atoms with Crippen LogP contribution < -0.4 is 9.88 Å². The Kier molecular flexibility index (Phi) is 4.77. The van der Waals surface area contributed by atoms with Crippen LogP contribution in [-0.4, -0.2) is 19.8 Å². The molecule has 0 aliphatic carbocycles. The highest BCUT2D eigenvalue weighted by atomic mass is 35.5. The molecule has 0 aromatic carbocycles. The minimum absolute atomic E-state index is 0.205. The third-order valence-corrected chi connectivity index (χ3v) is 2.96. The summed E-state index contributed by atoms with van der Waals surface area (Å²) in [5.74, 6) is -2.12. The van der Waals surface area contributed by atoms with Crippen LogP contribution >= 0.6 is 11.6 Å². The van der Waals surface area contributed by atoms with E-state index in [9.17, 15) is 30.4 Å². The van der Waals surface area contributed by atoms with Crippen molar-refractivity contribution < 1.29 is 35.1 Å². The summed E-state index contributed by atoms with van der Waals surface area (Å²) < 4.78 is 87.4. The molecule has 20 heavy (non-hydrogen) atoms. The van der Waals surface area contributed by atoms with E-state index in [1.165, 1.54) is 0 Å². The first-order valence-electron chi connectivity index (χ1n) is 4.62. The van der Waals surface area contributed by atoms with Crippen molar-refractivity contribution in [2.45, 2.75) is 23.7 Å². The highest BCUT2D eigenvalue weighted by Gasteiger charge is 2.35. The average Bonchev–Trinajstić information content (AvgIpc) is 2.25. The summed E-state index contributed by atoms with van der Waals surface area (Å²) in [5, 5.41) is 3.66. The Morgan fingerprint density at radius 1 is 1.40 bits per heavy atom. The minimum Gasteiger partial charge on any atom is -0.403 e. The number of nitrogens with two attached hydrogens (primary N) is 1. The summed E-state index contributed by atoms with van der Waals surface area (Å²) in [6, 6.07) is 0.205. The summed E-state index contributed by atoms with van der Waals surface area (Å²) in [6.07, 6.45) is -8.72. The van der Waals surface area contributed by atoms with Gasteiger partial charge in [-0.15, -0.1) is 24.8 Å². The molecule has 2 N–H and O–H groups in total. The van der Waals surface area contributed by atoms with Crippen LogP contribution in [0.4, 0.5) is 22.0 Å². The molecule has 0 fully saturated rings. The number of alkyl halides is 6. The summed E-state index contributed by atoms with van der Waals surface area (Å²) >= 11 is 5.27. The van der Waals surface area contributed by atoms with E-state index in [1.807, 2.05) is 0 Å². The lowest BCUT2D eigenvalue weighted by Crippen LogP contribution is -2.21. The van der Waals surface area contributed by atoms with Crippen LogP contribution in [0.2, 0.25) is 0 Å². The molecule has 0 unspecified atom stereocenters. The molecule has 1 aromatic heterocycles. The van der Waals surface area contributed by atoms with E-state index in [2.05, 4.69) is 14.9 Å². The Balaban J connectivity index is 3.57. The van der Waals surface area contributed by atoms with Gasteiger partial charge in [0.1, 0.15) is 0 Å². The van der Waals surface area contributed by atoms with Gasteiger partial charge in [-0.3, -0.25) is 0 Å². The fourth-order valence-electron chi connectivity index (χ4n) is 1.21. The lowest BCUT2D eigenvalue weighted by atomic mass is 10.2. The Hall–Kier alpha value is -1.20. The van der Waals surface area contributed by atoms with E-state index >= 15 is 0 Å². The first-order valence-corrected chi connectivity index (χ1v) is 6.70. The van der Waals surface area contributed by atoms with Gasteiger partial charge in [0.05, 0.1) is 17.1 Å². The lowest BCUT2D eigenvalue weighted by molar-refractivity contribution is -0.275. The number of primary sulfonamides is 1. The maximum Gasteiger partial charge on any atom is 0.573 e. The zero-order valence-corrected chi connectivity index (χ0v) is 10.9. The topological polar surface area (TPSA) is 82.3 Å². The summed E-state index contributed by atoms with van der Waals surface area (Å²) in [4.78, 5) is 3.19. The number of rotatable bonds is 4. The van der Waals surface area contributed by atoms with Crippen molar-refractivity contribution in [3.05, 3.63) is 17.3 Å². The standard InChI is InChI=1S/C8H6ClF5N2O3S/c9-2-4-6(19-8(12,13)14)3(7(10)11)1-5(16-4)20(15,17)18/h1,7H,2H2,(H2,15,17,18). The monoisotopic (exact) mass is 340 g/mol. The Morgan fingerprint density at radius 3 is 2.30 bits per heavy atom. The molecule has 0 saturated heterocycles. The second-order valence-electron chi connectivity index (χ2n) is 3.35. The molecule has 0 atom stereocenters. The van der Waals surface area contributed by atoms with Crippen LogP contribution in [0.25, 0.3) is 0 Å². The van der Waals surface area contributed by atoms with Gasteiger partial charge in [0, 0.05) is 0 Å². The number of sulfonamides is 1. The van der Waals surface area contributed by atoms with E-state index in [0.29, 0.717) is 0 Å². The third-order valence-electron chi connectivity index (χ3n) is 1.92. The zero-order chi connectivity index (χ0) is 15.7. The zero-order valence-electron chi connectivity index (χ0n) is 9.29. The number of hydrogen-bond acceptors (Lipinski definition) is 4. The maximum atomic E-state index is 12.7. The number of aromatic nitrogens is 1. The van der Waals surface area contributed by atoms with Gasteiger partial charge in [-0.05, 0) is 6.07 Å². The van der Waals surface area contributed by atoms with E-state index in [-0.39, 0.29) is 6.07 Å². The second-order valence-corrected chi connectivity index (χ2v) is 5.13. The molecule has 1 aromatic rings. The molecule has 0 radical (unpaired) electrons. The Labute approximate surface area is 114 Å². The van der Waals surface area contributed by atoms with Crippen LogP contribution in [0.5, 0.6) is 5.75 Å². The molecule has 114 valence electrons. The van der Waals surface area contributed by atoms with Crippen molar-refractivity contribution in [1.29, 1.82) is 0 Å². The molecule has 5 nitrogen and oxygen atoms in total. The van der Waals surface area contributed by atoms with Crippen molar-refractivity contribution in [2.75, 3.05) is 0 Å². The smallest absolute Gasteiger partial charge is 0.403 e. The van der Waals surface area contributed by atoms with Crippen LogP contribution in [0, 0.1) is 0 Å². The molecule has 1 heterocycles. The van der Waals surface area contributed by atoms with Crippen molar-refractivity contribution in [3.63, 3.8) is 0 Å². The molecule has 0 bridgehead atoms. The lowest BCUT2D eigenvalue weighted by Gasteiger charge is -2.16. The predicted octanol–water partition coefficient (Wildman–Crippen LogP) is 2.30. The maximum absolute atomic E-state index is 12.7. The molecule has 0 saturated carbocycles. The highest BCUT2D eigenvalue weighted by Crippen LogP contribution is 2.36. The van der Waals surface area contributed by atoms with E-state index in [0.717, 1.165) is 0 Å². The fourth-order valence-corrected chi connectivity index (χ4v) is 1.92. The first-order chi connectivity index (χ1) is 8.95. The van der Waals surface area contributed by atoms with Gasteiger partial charge in [0.2, 0.25) is 0 Å². The first kappa shape index (κ1) is 16.9. The SMILES string of the molecule is NS(=O)(=O)c1cc(C(F)F)c(OC(F)(F)F)c(CCl)n1. The second kappa shape index (κ2) is 5.66. The van der Waals surface area contributed by atoms with E-state index in [1.54, 1.807) is 0 Å². The van der Waals surface area contributed by atoms with Gasteiger partial charge in [-0.1, -0.05) is 0 Å². The van der Waals surface area contributed by atoms with Gasteiger partial charge >= 0.3 is 6.36 Å². The Bertz CT molecular complexity index is 605. The van der Waals surface area contributed by atoms with Gasteiger partial charge in [-0.2, -0.15) is 0 Å². The summed E-state index contributed by atoms with van der Waals surface area (Å²) in [7, 11) is -4.49. The highest BCUT2D eigenvalue weighted by molar-refractivity contribution is 7.89. The van der Waals surface area contributed by atoms with Crippen molar-refractivity contribution in [1.82, 2.24) is 4.98 Å². The molecular weight excluding hydrogens is 335 g/mol. The van der Waals surface area contributed by atoms with Crippen molar-refractivity contribution >= 4 is 21.6 Å². The van der Waals surface area contributed by atoms with Gasteiger partial charge < -0.3 is 4.74 Å². The predicted molar refractivity (Wildman–Crippen MR) is 56.8 cm³/mol. The number of ether oxygens (including phenoxy) is 1. The largest absolute Gasteiger partial charge is 0.573 e. The quantitative estimate of drug-likeness (QED) is 0.673. The normalized spacial score (nSPS) is 12.8. The fraction of sp³-hybridized carbons (Fsp3) is 0.375. The van der Waals surface area contributed by atoms with Crippen molar-refractivity contribution in [2.24, 2.45) is 5.14 Å². The van der Waals surface area contributed by atoms with E-state index < -0.39 is 50.7 Å². The van der Waals surface area contributed by atoms with Crippen LogP contribution in [0.3, 0.4) is 0 Å². The van der Waals surface area contributed by atoms with Crippen LogP contribution in [0.15, 0.2) is 11.1 Å². The van der Waals surface area contributed by atoms with Crippen molar-refractivity contribution in [3.8, 4) is 5.75 Å². The van der Waals surface area contributed by atoms with Crippen LogP contribution in [-0.2, 0) is 15.9 Å². The molecule has 1 rings (SSSR count). The van der Waals surface area contributed by atoms with E-state index in [4.69, 9.17) is 11.6 Å². The number of pyridine rings is 1. The summed E-state index contributed by atoms with van der Waals surface area (Å²) in [5.41, 5.74) is -2.14. The third kappa shape index (κ3) is 4.15. The summed E-state index contributed by atoms with van der Waals surface area (Å²) in [6.45, 7) is 0. The van der Waals surface area contributed by atoms with Gasteiger partial charge in [0.15, 0.2) is 10.8 Å². The molecule has 0 aliphatic rings. The number of nitrogens with zero attached hydrogens (tertiary/aromatic N) is 1. The molecule has 0 aliphatic heterocycles. The Morgan fingerprint density at radius 2 is 1.95 bits per heavy atom. The molecule has 0 amide bonds. The van der Waals surface area contributed by atoms with Gasteiger partial charge in [-0.25, -0.2) is 27.3 Å². The minimum atomic E-state index is -5.27. The average molecular weight is 341 g/mol. The number of hydrogen-bond donors (Lipinski definition) is 1. The van der Waals surface area contributed by atoms with Crippen LogP contribution in [0.1, 0.15) is 17.7 Å². The molecular formula is C8H6ClF5N2O3S. The van der Waals surface area contributed by atoms with Gasteiger partial charge in [0.25, 0.3) is 16.4 Å².